The van der Waals surface area contributed by atoms with Gasteiger partial charge in [0.15, 0.2) is 0 Å². The van der Waals surface area contributed by atoms with E-state index in [9.17, 15) is 4.79 Å². The van der Waals surface area contributed by atoms with E-state index in [0.717, 1.165) is 16.4 Å². The van der Waals surface area contributed by atoms with Crippen molar-refractivity contribution in [2.45, 2.75) is 58.8 Å². The highest BCUT2D eigenvalue weighted by Gasteiger charge is 2.52. The molecule has 0 amide bonds. The zero-order chi connectivity index (χ0) is 18.6. The molecule has 1 aliphatic heterocycles. The molecule has 2 heterocycles. The summed E-state index contributed by atoms with van der Waals surface area (Å²) >= 11 is 0. The molecule has 2 aromatic rings. The summed E-state index contributed by atoms with van der Waals surface area (Å²) in [7, 11) is 0.830. The molecular weight excluding hydrogens is 319 g/mol. The van der Waals surface area contributed by atoms with Gasteiger partial charge in [-0.05, 0) is 59.1 Å². The van der Waals surface area contributed by atoms with E-state index in [1.165, 1.54) is 7.11 Å². The molecule has 6 nitrogen and oxygen atoms in total. The Kier molecular flexibility index (Phi) is 4.20. The maximum Gasteiger partial charge on any atom is 0.494 e. The number of esters is 1. The van der Waals surface area contributed by atoms with Gasteiger partial charge in [0, 0.05) is 11.4 Å². The third-order valence-corrected chi connectivity index (χ3v) is 5.16. The van der Waals surface area contributed by atoms with Crippen LogP contribution in [0.4, 0.5) is 0 Å². The molecular formula is C18H25BN2O4. The van der Waals surface area contributed by atoms with Gasteiger partial charge >= 0.3 is 13.1 Å². The predicted octanol–water partition coefficient (Wildman–Crippen LogP) is 2.70. The lowest BCUT2D eigenvalue weighted by Crippen LogP contribution is -2.41. The van der Waals surface area contributed by atoms with E-state index in [-0.39, 0.29) is 6.04 Å². The van der Waals surface area contributed by atoms with Crippen molar-refractivity contribution >= 4 is 29.5 Å². The number of methoxy groups -OCH3 is 1. The Balaban J connectivity index is 2.16. The third kappa shape index (κ3) is 2.85. The van der Waals surface area contributed by atoms with Crippen molar-refractivity contribution in [1.29, 1.82) is 0 Å². The standard InChI is InChI=1S/C18H25BN2O4/c1-11(2)21-15-9-12(19-24-17(3,4)18(5,6)25-19)8-13(16(22)23-7)14(15)10-20-21/h8-11H,1-7H3. The van der Waals surface area contributed by atoms with Crippen LogP contribution in [0, 0.1) is 0 Å². The average molecular weight is 344 g/mol. The number of nitrogens with zero attached hydrogens (tertiary/aromatic N) is 2. The first-order valence-electron chi connectivity index (χ1n) is 8.52. The Morgan fingerprint density at radius 3 is 2.32 bits per heavy atom. The van der Waals surface area contributed by atoms with E-state index < -0.39 is 24.3 Å². The van der Waals surface area contributed by atoms with Gasteiger partial charge in [0.1, 0.15) is 0 Å². The SMILES string of the molecule is COC(=O)c1cc(B2OC(C)(C)C(C)(C)O2)cc2c1cnn2C(C)C. The lowest BCUT2D eigenvalue weighted by Gasteiger charge is -2.32. The van der Waals surface area contributed by atoms with Gasteiger partial charge in [0.25, 0.3) is 0 Å². The highest BCUT2D eigenvalue weighted by molar-refractivity contribution is 6.62. The predicted molar refractivity (Wildman–Crippen MR) is 97.2 cm³/mol. The van der Waals surface area contributed by atoms with Crippen LogP contribution in [0.5, 0.6) is 0 Å². The van der Waals surface area contributed by atoms with E-state index in [1.807, 2.05) is 52.3 Å². The summed E-state index contributed by atoms with van der Waals surface area (Å²) in [5.74, 6) is -0.397. The van der Waals surface area contributed by atoms with Gasteiger partial charge in [-0.2, -0.15) is 5.10 Å². The molecule has 1 aromatic heterocycles. The van der Waals surface area contributed by atoms with Crippen molar-refractivity contribution < 1.29 is 18.8 Å². The lowest BCUT2D eigenvalue weighted by molar-refractivity contribution is 0.00578. The van der Waals surface area contributed by atoms with Crippen molar-refractivity contribution in [3.05, 3.63) is 23.9 Å². The molecule has 0 aliphatic carbocycles. The summed E-state index contributed by atoms with van der Waals surface area (Å²) in [4.78, 5) is 12.3. The van der Waals surface area contributed by atoms with Crippen molar-refractivity contribution in [2.75, 3.05) is 7.11 Å². The van der Waals surface area contributed by atoms with Crippen molar-refractivity contribution in [2.24, 2.45) is 0 Å². The molecule has 0 N–H and O–H groups in total. The summed E-state index contributed by atoms with van der Waals surface area (Å²) < 4.78 is 19.1. The topological polar surface area (TPSA) is 62.6 Å². The third-order valence-electron chi connectivity index (χ3n) is 5.16. The van der Waals surface area contributed by atoms with Gasteiger partial charge in [0.2, 0.25) is 0 Å². The average Bonchev–Trinajstić information content (AvgIpc) is 3.04. The summed E-state index contributed by atoms with van der Waals surface area (Å²) in [6, 6.07) is 3.93. The molecule has 0 bridgehead atoms. The lowest BCUT2D eigenvalue weighted by atomic mass is 9.77. The molecule has 0 unspecified atom stereocenters. The number of benzene rings is 1. The van der Waals surface area contributed by atoms with Crippen LogP contribution in [0.1, 0.15) is 57.9 Å². The summed E-state index contributed by atoms with van der Waals surface area (Å²) in [5.41, 5.74) is 1.22. The van der Waals surface area contributed by atoms with Crippen molar-refractivity contribution in [3.8, 4) is 0 Å². The molecule has 1 saturated heterocycles. The summed E-state index contributed by atoms with van der Waals surface area (Å²) in [6.07, 6.45) is 1.70. The van der Waals surface area contributed by atoms with E-state index in [4.69, 9.17) is 14.0 Å². The van der Waals surface area contributed by atoms with Crippen LogP contribution in [0.15, 0.2) is 18.3 Å². The maximum absolute atomic E-state index is 12.3. The highest BCUT2D eigenvalue weighted by Crippen LogP contribution is 2.37. The van der Waals surface area contributed by atoms with Gasteiger partial charge in [-0.15, -0.1) is 0 Å². The molecule has 7 heteroatoms. The van der Waals surface area contributed by atoms with E-state index in [0.29, 0.717) is 5.56 Å². The number of carbonyl (C=O) groups excluding carboxylic acids is 1. The van der Waals surface area contributed by atoms with Crippen LogP contribution < -0.4 is 5.46 Å². The molecule has 25 heavy (non-hydrogen) atoms. The number of ether oxygens (including phenoxy) is 1. The Morgan fingerprint density at radius 2 is 1.80 bits per heavy atom. The molecule has 0 saturated carbocycles. The number of rotatable bonds is 3. The second-order valence-corrected chi connectivity index (χ2v) is 7.76. The normalized spacial score (nSPS) is 19.0. The van der Waals surface area contributed by atoms with E-state index in [1.54, 1.807) is 12.3 Å². The van der Waals surface area contributed by atoms with E-state index in [2.05, 4.69) is 5.10 Å². The second-order valence-electron chi connectivity index (χ2n) is 7.76. The van der Waals surface area contributed by atoms with Crippen molar-refractivity contribution in [1.82, 2.24) is 9.78 Å². The summed E-state index contributed by atoms with van der Waals surface area (Å²) in [5, 5.41) is 5.19. The molecule has 134 valence electrons. The minimum Gasteiger partial charge on any atom is -0.465 e. The van der Waals surface area contributed by atoms with Crippen LogP contribution in [0.2, 0.25) is 0 Å². The fourth-order valence-corrected chi connectivity index (χ4v) is 2.97. The van der Waals surface area contributed by atoms with Gasteiger partial charge in [-0.3, -0.25) is 4.68 Å². The minimum absolute atomic E-state index is 0.163. The highest BCUT2D eigenvalue weighted by atomic mass is 16.7. The second kappa shape index (κ2) is 5.85. The van der Waals surface area contributed by atoms with E-state index >= 15 is 0 Å². The van der Waals surface area contributed by atoms with Crippen LogP contribution in [-0.2, 0) is 14.0 Å². The fourth-order valence-electron chi connectivity index (χ4n) is 2.97. The quantitative estimate of drug-likeness (QED) is 0.633. The number of carbonyl (C=O) groups is 1. The molecule has 1 fully saturated rings. The fraction of sp³-hybridized carbons (Fsp3) is 0.556. The number of aromatic nitrogens is 2. The van der Waals surface area contributed by atoms with Crippen LogP contribution >= 0.6 is 0 Å². The smallest absolute Gasteiger partial charge is 0.465 e. The molecule has 3 rings (SSSR count). The van der Waals surface area contributed by atoms with Gasteiger partial charge in [0.05, 0.1) is 35.6 Å². The first kappa shape index (κ1) is 18.0. The first-order chi connectivity index (χ1) is 11.6. The summed E-state index contributed by atoms with van der Waals surface area (Å²) in [6.45, 7) is 12.1. The zero-order valence-corrected chi connectivity index (χ0v) is 15.9. The largest absolute Gasteiger partial charge is 0.494 e. The Bertz CT molecular complexity index is 810. The minimum atomic E-state index is -0.548. The number of fused-ring (bicyclic) bond motifs is 1. The number of hydrogen-bond acceptors (Lipinski definition) is 5. The van der Waals surface area contributed by atoms with Crippen LogP contribution in [0.3, 0.4) is 0 Å². The maximum atomic E-state index is 12.3. The monoisotopic (exact) mass is 344 g/mol. The molecule has 1 aromatic carbocycles. The van der Waals surface area contributed by atoms with Crippen LogP contribution in [0.25, 0.3) is 10.9 Å². The molecule has 1 aliphatic rings. The zero-order valence-electron chi connectivity index (χ0n) is 15.9. The van der Waals surface area contributed by atoms with Crippen LogP contribution in [-0.4, -0.2) is 41.2 Å². The Labute approximate surface area is 148 Å². The van der Waals surface area contributed by atoms with Gasteiger partial charge < -0.3 is 14.0 Å². The molecule has 0 radical (unpaired) electrons. The Hall–Kier alpha value is -1.86. The Morgan fingerprint density at radius 1 is 1.20 bits per heavy atom. The van der Waals surface area contributed by atoms with Crippen molar-refractivity contribution in [3.63, 3.8) is 0 Å². The van der Waals surface area contributed by atoms with Gasteiger partial charge in [-0.1, -0.05) is 0 Å². The molecule has 0 atom stereocenters. The van der Waals surface area contributed by atoms with Gasteiger partial charge in [-0.25, -0.2) is 4.79 Å². The number of hydrogen-bond donors (Lipinski definition) is 0. The first-order valence-corrected chi connectivity index (χ1v) is 8.52. The molecule has 0 spiro atoms.